The minimum absolute atomic E-state index is 0.0697. The number of hydrogen-bond donors (Lipinski definition) is 3. The molecule has 0 saturated heterocycles. The quantitative estimate of drug-likeness (QED) is 0.728. The molecule has 1 saturated carbocycles. The first-order chi connectivity index (χ1) is 10.1. The predicted molar refractivity (Wildman–Crippen MR) is 76.0 cm³/mol. The van der Waals surface area contributed by atoms with Crippen LogP contribution in [0.2, 0.25) is 0 Å². The van der Waals surface area contributed by atoms with E-state index in [0.29, 0.717) is 17.9 Å². The number of carboxylic acid groups (broad SMARTS) is 1. The lowest BCUT2D eigenvalue weighted by molar-refractivity contribution is -0.136. The van der Waals surface area contributed by atoms with Crippen molar-refractivity contribution < 1.29 is 19.8 Å². The molecule has 7 nitrogen and oxygen atoms in total. The van der Waals surface area contributed by atoms with Crippen molar-refractivity contribution in [1.82, 2.24) is 9.88 Å². The van der Waals surface area contributed by atoms with E-state index in [1.165, 1.54) is 6.20 Å². The second-order valence-corrected chi connectivity index (χ2v) is 5.04. The van der Waals surface area contributed by atoms with Gasteiger partial charge in [0.05, 0.1) is 30.6 Å². The van der Waals surface area contributed by atoms with Gasteiger partial charge in [-0.2, -0.15) is 0 Å². The number of aromatic nitrogens is 1. The van der Waals surface area contributed by atoms with Crippen molar-refractivity contribution in [1.29, 1.82) is 0 Å². The Morgan fingerprint density at radius 2 is 2.14 bits per heavy atom. The third-order valence-electron chi connectivity index (χ3n) is 3.53. The van der Waals surface area contributed by atoms with Crippen LogP contribution in [0.25, 0.3) is 0 Å². The summed E-state index contributed by atoms with van der Waals surface area (Å²) in [7, 11) is 0. The molecule has 2 rings (SSSR count). The second-order valence-electron chi connectivity index (χ2n) is 5.04. The van der Waals surface area contributed by atoms with E-state index < -0.39 is 5.97 Å². The molecule has 2 amide bonds. The van der Waals surface area contributed by atoms with E-state index in [9.17, 15) is 9.59 Å². The molecule has 0 bridgehead atoms. The number of carbonyl (C=O) groups is 2. The van der Waals surface area contributed by atoms with E-state index in [0.717, 1.165) is 19.3 Å². The highest BCUT2D eigenvalue weighted by molar-refractivity contribution is 5.89. The van der Waals surface area contributed by atoms with Crippen molar-refractivity contribution in [2.45, 2.75) is 31.7 Å². The summed E-state index contributed by atoms with van der Waals surface area (Å²) in [6.07, 6.45) is 4.32. The maximum Gasteiger partial charge on any atom is 0.322 e. The topological polar surface area (TPSA) is 103 Å². The number of aliphatic carboxylic acids is 1. The molecule has 0 spiro atoms. The number of nitrogens with zero attached hydrogens (tertiary/aromatic N) is 2. The highest BCUT2D eigenvalue weighted by Gasteiger charge is 2.28. The van der Waals surface area contributed by atoms with Gasteiger partial charge in [0.25, 0.3) is 0 Å². The average molecular weight is 293 g/mol. The number of carbonyl (C=O) groups excluding carboxylic acids is 1. The Hall–Kier alpha value is -2.15. The third-order valence-corrected chi connectivity index (χ3v) is 3.53. The Labute approximate surface area is 122 Å². The van der Waals surface area contributed by atoms with Crippen molar-refractivity contribution >= 4 is 17.7 Å². The molecule has 7 heteroatoms. The summed E-state index contributed by atoms with van der Waals surface area (Å²) in [5.74, 6) is -0.946. The van der Waals surface area contributed by atoms with Crippen molar-refractivity contribution in [3.8, 4) is 0 Å². The summed E-state index contributed by atoms with van der Waals surface area (Å²) in [4.78, 5) is 28.4. The maximum absolute atomic E-state index is 12.2. The molecule has 1 fully saturated rings. The van der Waals surface area contributed by atoms with Gasteiger partial charge in [0.1, 0.15) is 0 Å². The molecule has 3 N–H and O–H groups in total. The van der Waals surface area contributed by atoms with Crippen LogP contribution in [0.5, 0.6) is 0 Å². The minimum Gasteiger partial charge on any atom is -0.481 e. The Kier molecular flexibility index (Phi) is 5.10. The van der Waals surface area contributed by atoms with Gasteiger partial charge in [-0.1, -0.05) is 0 Å². The number of urea groups is 1. The number of amides is 2. The number of carboxylic acids is 1. The number of hydrogen-bond acceptors (Lipinski definition) is 4. The summed E-state index contributed by atoms with van der Waals surface area (Å²) in [5.41, 5.74) is 0.947. The van der Waals surface area contributed by atoms with Crippen LogP contribution in [0.3, 0.4) is 0 Å². The van der Waals surface area contributed by atoms with Crippen molar-refractivity contribution in [3.05, 3.63) is 24.0 Å². The smallest absolute Gasteiger partial charge is 0.322 e. The Bertz CT molecular complexity index is 499. The first-order valence-electron chi connectivity index (χ1n) is 6.95. The second kappa shape index (κ2) is 7.03. The van der Waals surface area contributed by atoms with E-state index in [-0.39, 0.29) is 25.1 Å². The standard InChI is InChI=1S/C14H19N3O4/c18-7-6-17(12-2-1-3-12)14(21)16-11-5-4-10(15-9-11)8-13(19)20/h4-5,9,12,18H,1-3,6-8H2,(H,16,21)(H,19,20). The molecule has 0 unspecified atom stereocenters. The number of nitrogens with one attached hydrogen (secondary N) is 1. The van der Waals surface area contributed by atoms with Crippen LogP contribution < -0.4 is 5.32 Å². The molecule has 1 aromatic heterocycles. The maximum atomic E-state index is 12.2. The minimum atomic E-state index is -0.946. The fourth-order valence-electron chi connectivity index (χ4n) is 2.21. The molecule has 21 heavy (non-hydrogen) atoms. The van der Waals surface area contributed by atoms with Crippen LogP contribution in [0.4, 0.5) is 10.5 Å². The molecule has 0 aliphatic heterocycles. The van der Waals surface area contributed by atoms with Crippen LogP contribution in [0.15, 0.2) is 18.3 Å². The number of rotatable bonds is 6. The lowest BCUT2D eigenvalue weighted by Crippen LogP contribution is -2.47. The SMILES string of the molecule is O=C(O)Cc1ccc(NC(=O)N(CCO)C2CCC2)cn1. The number of anilines is 1. The molecule has 1 heterocycles. The number of pyridine rings is 1. The van der Waals surface area contributed by atoms with Crippen LogP contribution in [-0.4, -0.2) is 51.3 Å². The molecule has 114 valence electrons. The fraction of sp³-hybridized carbons (Fsp3) is 0.500. The van der Waals surface area contributed by atoms with Gasteiger partial charge in [-0.25, -0.2) is 4.79 Å². The summed E-state index contributed by atoms with van der Waals surface area (Å²) in [6, 6.07) is 3.13. The van der Waals surface area contributed by atoms with Crippen LogP contribution in [-0.2, 0) is 11.2 Å². The summed E-state index contributed by atoms with van der Waals surface area (Å²) in [5, 5.41) is 20.4. The zero-order chi connectivity index (χ0) is 15.2. The normalized spacial score (nSPS) is 14.3. The van der Waals surface area contributed by atoms with E-state index >= 15 is 0 Å². The molecule has 1 aliphatic carbocycles. The number of aliphatic hydroxyl groups is 1. The summed E-state index contributed by atoms with van der Waals surface area (Å²) in [6.45, 7) is 0.237. The predicted octanol–water partition coefficient (Wildman–Crippen LogP) is 1.09. The van der Waals surface area contributed by atoms with Gasteiger partial charge in [0.15, 0.2) is 0 Å². The Morgan fingerprint density at radius 1 is 1.38 bits per heavy atom. The highest BCUT2D eigenvalue weighted by Crippen LogP contribution is 2.25. The van der Waals surface area contributed by atoms with Crippen molar-refractivity contribution in [3.63, 3.8) is 0 Å². The summed E-state index contributed by atoms with van der Waals surface area (Å²) < 4.78 is 0. The van der Waals surface area contributed by atoms with E-state index in [2.05, 4.69) is 10.3 Å². The lowest BCUT2D eigenvalue weighted by atomic mass is 9.92. The van der Waals surface area contributed by atoms with Crippen molar-refractivity contribution in [2.24, 2.45) is 0 Å². The third kappa shape index (κ3) is 4.16. The van der Waals surface area contributed by atoms with Crippen LogP contribution >= 0.6 is 0 Å². The molecule has 0 atom stereocenters. The average Bonchev–Trinajstić information content (AvgIpc) is 2.38. The Morgan fingerprint density at radius 3 is 2.62 bits per heavy atom. The van der Waals surface area contributed by atoms with Crippen molar-refractivity contribution in [2.75, 3.05) is 18.5 Å². The van der Waals surface area contributed by atoms with E-state index in [4.69, 9.17) is 10.2 Å². The lowest BCUT2D eigenvalue weighted by Gasteiger charge is -2.37. The van der Waals surface area contributed by atoms with Gasteiger partial charge in [-0.05, 0) is 31.4 Å². The zero-order valence-corrected chi connectivity index (χ0v) is 11.7. The largest absolute Gasteiger partial charge is 0.481 e. The first kappa shape index (κ1) is 15.2. The molecule has 1 aliphatic rings. The zero-order valence-electron chi connectivity index (χ0n) is 11.7. The van der Waals surface area contributed by atoms with Crippen LogP contribution in [0.1, 0.15) is 25.0 Å². The van der Waals surface area contributed by atoms with Gasteiger partial charge in [0.2, 0.25) is 0 Å². The first-order valence-corrected chi connectivity index (χ1v) is 6.95. The summed E-state index contributed by atoms with van der Waals surface area (Å²) >= 11 is 0. The molecule has 1 aromatic rings. The molecular weight excluding hydrogens is 274 g/mol. The van der Waals surface area contributed by atoms with Gasteiger partial charge in [-0.15, -0.1) is 0 Å². The highest BCUT2D eigenvalue weighted by atomic mass is 16.4. The van der Waals surface area contributed by atoms with Gasteiger partial charge in [-0.3, -0.25) is 9.78 Å². The monoisotopic (exact) mass is 293 g/mol. The Balaban J connectivity index is 1.95. The molecule has 0 radical (unpaired) electrons. The molecule has 0 aromatic carbocycles. The molecular formula is C14H19N3O4. The van der Waals surface area contributed by atoms with Gasteiger partial charge < -0.3 is 20.4 Å². The van der Waals surface area contributed by atoms with Gasteiger partial charge >= 0.3 is 12.0 Å². The van der Waals surface area contributed by atoms with E-state index in [1.54, 1.807) is 17.0 Å². The van der Waals surface area contributed by atoms with E-state index in [1.807, 2.05) is 0 Å². The van der Waals surface area contributed by atoms with Crippen LogP contribution in [0, 0.1) is 0 Å². The fourth-order valence-corrected chi connectivity index (χ4v) is 2.21. The number of aliphatic hydroxyl groups excluding tert-OH is 1. The van der Waals surface area contributed by atoms with Gasteiger partial charge in [0, 0.05) is 12.6 Å².